The van der Waals surface area contributed by atoms with Gasteiger partial charge in [-0.2, -0.15) is 0 Å². The molecule has 0 radical (unpaired) electrons. The standard InChI is InChI=1S/C26H30N2O4/c1-20(2)28(26(30)19-31-23-12-8-5-9-13-23)18-25(29)27(16-22-10-6-4-7-11-22)17-24-15-14-21(3)32-24/h4-15,20H,16-19H2,1-3H3. The van der Waals surface area contributed by atoms with Crippen molar-refractivity contribution in [2.75, 3.05) is 13.2 Å². The zero-order valence-electron chi connectivity index (χ0n) is 18.9. The lowest BCUT2D eigenvalue weighted by atomic mass is 10.2. The number of hydrogen-bond acceptors (Lipinski definition) is 4. The summed E-state index contributed by atoms with van der Waals surface area (Å²) in [5.74, 6) is 1.75. The van der Waals surface area contributed by atoms with Crippen LogP contribution in [0.3, 0.4) is 0 Å². The van der Waals surface area contributed by atoms with Crippen molar-refractivity contribution in [1.82, 2.24) is 9.80 Å². The van der Waals surface area contributed by atoms with Crippen LogP contribution in [0.4, 0.5) is 0 Å². The van der Waals surface area contributed by atoms with Crippen LogP contribution in [0.5, 0.6) is 5.75 Å². The van der Waals surface area contributed by atoms with Crippen molar-refractivity contribution in [3.63, 3.8) is 0 Å². The fourth-order valence-electron chi connectivity index (χ4n) is 3.34. The highest BCUT2D eigenvalue weighted by Gasteiger charge is 2.24. The van der Waals surface area contributed by atoms with Gasteiger partial charge in [-0.3, -0.25) is 9.59 Å². The minimum absolute atomic E-state index is 0.0266. The molecule has 0 saturated heterocycles. The highest BCUT2D eigenvalue weighted by atomic mass is 16.5. The average molecular weight is 435 g/mol. The van der Waals surface area contributed by atoms with E-state index in [0.29, 0.717) is 24.6 Å². The van der Waals surface area contributed by atoms with Crippen molar-refractivity contribution >= 4 is 11.8 Å². The van der Waals surface area contributed by atoms with Crippen molar-refractivity contribution in [3.05, 3.63) is 89.9 Å². The first-order valence-corrected chi connectivity index (χ1v) is 10.8. The van der Waals surface area contributed by atoms with E-state index >= 15 is 0 Å². The third-order valence-corrected chi connectivity index (χ3v) is 5.07. The van der Waals surface area contributed by atoms with E-state index in [1.807, 2.05) is 81.4 Å². The fraction of sp³-hybridized carbons (Fsp3) is 0.308. The van der Waals surface area contributed by atoms with Crippen LogP contribution >= 0.6 is 0 Å². The van der Waals surface area contributed by atoms with Crippen LogP contribution in [0.1, 0.15) is 30.9 Å². The second-order valence-electron chi connectivity index (χ2n) is 7.96. The quantitative estimate of drug-likeness (QED) is 0.474. The van der Waals surface area contributed by atoms with Gasteiger partial charge in [-0.05, 0) is 50.6 Å². The monoisotopic (exact) mass is 434 g/mol. The molecule has 32 heavy (non-hydrogen) atoms. The topological polar surface area (TPSA) is 63.0 Å². The van der Waals surface area contributed by atoms with E-state index < -0.39 is 0 Å². The van der Waals surface area contributed by atoms with Crippen LogP contribution in [0, 0.1) is 6.92 Å². The summed E-state index contributed by atoms with van der Waals surface area (Å²) in [4.78, 5) is 29.4. The Morgan fingerprint density at radius 3 is 2.12 bits per heavy atom. The Bertz CT molecular complexity index is 999. The number of carbonyl (C=O) groups is 2. The highest BCUT2D eigenvalue weighted by Crippen LogP contribution is 2.15. The smallest absolute Gasteiger partial charge is 0.261 e. The molecule has 0 atom stereocenters. The number of ether oxygens (including phenoxy) is 1. The number of furan rings is 1. The maximum atomic E-state index is 13.3. The van der Waals surface area contributed by atoms with E-state index in [9.17, 15) is 9.59 Å². The molecule has 0 aliphatic carbocycles. The molecule has 0 unspecified atom stereocenters. The number of benzene rings is 2. The highest BCUT2D eigenvalue weighted by molar-refractivity contribution is 5.85. The Morgan fingerprint density at radius 2 is 1.53 bits per heavy atom. The van der Waals surface area contributed by atoms with E-state index in [1.165, 1.54) is 0 Å². The molecule has 6 heteroatoms. The number of amides is 2. The number of hydrogen-bond donors (Lipinski definition) is 0. The van der Waals surface area contributed by atoms with Crippen LogP contribution in [0.15, 0.2) is 77.2 Å². The minimum Gasteiger partial charge on any atom is -0.484 e. The van der Waals surface area contributed by atoms with E-state index in [2.05, 4.69) is 0 Å². The molecular weight excluding hydrogens is 404 g/mol. The summed E-state index contributed by atoms with van der Waals surface area (Å²) < 4.78 is 11.3. The van der Waals surface area contributed by atoms with E-state index in [4.69, 9.17) is 9.15 Å². The number of carbonyl (C=O) groups excluding carboxylic acids is 2. The van der Waals surface area contributed by atoms with Gasteiger partial charge in [-0.15, -0.1) is 0 Å². The lowest BCUT2D eigenvalue weighted by molar-refractivity contribution is -0.144. The lowest BCUT2D eigenvalue weighted by Crippen LogP contribution is -2.47. The molecule has 0 bridgehead atoms. The number of nitrogens with zero attached hydrogens (tertiary/aromatic N) is 2. The molecule has 0 aliphatic rings. The van der Waals surface area contributed by atoms with Crippen molar-refractivity contribution < 1.29 is 18.7 Å². The lowest BCUT2D eigenvalue weighted by Gasteiger charge is -2.30. The van der Waals surface area contributed by atoms with Gasteiger partial charge in [0.25, 0.3) is 5.91 Å². The van der Waals surface area contributed by atoms with Gasteiger partial charge < -0.3 is 19.0 Å². The zero-order valence-corrected chi connectivity index (χ0v) is 18.9. The normalized spacial score (nSPS) is 10.8. The van der Waals surface area contributed by atoms with Crippen LogP contribution in [-0.2, 0) is 22.7 Å². The number of aryl methyl sites for hydroxylation is 1. The SMILES string of the molecule is Cc1ccc(CN(Cc2ccccc2)C(=O)CN(C(=O)COc2ccccc2)C(C)C)o1. The van der Waals surface area contributed by atoms with Gasteiger partial charge in [0.05, 0.1) is 6.54 Å². The Hall–Kier alpha value is -3.54. The fourth-order valence-corrected chi connectivity index (χ4v) is 3.34. The Balaban J connectivity index is 1.70. The molecular formula is C26H30N2O4. The van der Waals surface area contributed by atoms with Crippen LogP contribution in [0.25, 0.3) is 0 Å². The van der Waals surface area contributed by atoms with Crippen LogP contribution in [0.2, 0.25) is 0 Å². The molecule has 2 amide bonds. The number of para-hydroxylation sites is 1. The van der Waals surface area contributed by atoms with E-state index in [-0.39, 0.29) is 31.0 Å². The molecule has 3 aromatic rings. The third kappa shape index (κ3) is 6.74. The van der Waals surface area contributed by atoms with Crippen molar-refractivity contribution in [2.24, 2.45) is 0 Å². The summed E-state index contributed by atoms with van der Waals surface area (Å²) in [6, 6.07) is 22.6. The summed E-state index contributed by atoms with van der Waals surface area (Å²) in [7, 11) is 0. The third-order valence-electron chi connectivity index (χ3n) is 5.07. The predicted octanol–water partition coefficient (Wildman–Crippen LogP) is 4.43. The Kier molecular flexibility index (Phi) is 8.08. The first-order chi connectivity index (χ1) is 15.4. The second-order valence-corrected chi connectivity index (χ2v) is 7.96. The maximum absolute atomic E-state index is 13.3. The Labute approximate surface area is 189 Å². The summed E-state index contributed by atoms with van der Waals surface area (Å²) in [5.41, 5.74) is 1.01. The molecule has 0 aliphatic heterocycles. The molecule has 0 spiro atoms. The molecule has 6 nitrogen and oxygen atoms in total. The Morgan fingerprint density at radius 1 is 0.875 bits per heavy atom. The van der Waals surface area contributed by atoms with Gasteiger partial charge in [0.2, 0.25) is 5.91 Å². The predicted molar refractivity (Wildman–Crippen MR) is 123 cm³/mol. The first kappa shape index (κ1) is 23.1. The maximum Gasteiger partial charge on any atom is 0.261 e. The van der Waals surface area contributed by atoms with Gasteiger partial charge in [0.1, 0.15) is 23.8 Å². The van der Waals surface area contributed by atoms with Crippen LogP contribution < -0.4 is 4.74 Å². The minimum atomic E-state index is -0.231. The zero-order chi connectivity index (χ0) is 22.9. The molecule has 3 rings (SSSR count). The van der Waals surface area contributed by atoms with E-state index in [1.54, 1.807) is 21.9 Å². The summed E-state index contributed by atoms with van der Waals surface area (Å²) in [6.07, 6.45) is 0. The molecule has 0 N–H and O–H groups in total. The van der Waals surface area contributed by atoms with Gasteiger partial charge >= 0.3 is 0 Å². The van der Waals surface area contributed by atoms with Gasteiger partial charge in [-0.1, -0.05) is 48.5 Å². The molecule has 1 heterocycles. The van der Waals surface area contributed by atoms with E-state index in [0.717, 1.165) is 11.3 Å². The van der Waals surface area contributed by atoms with Crippen molar-refractivity contribution in [2.45, 2.75) is 39.9 Å². The van der Waals surface area contributed by atoms with Crippen molar-refractivity contribution in [3.8, 4) is 5.75 Å². The first-order valence-electron chi connectivity index (χ1n) is 10.8. The van der Waals surface area contributed by atoms with Gasteiger partial charge in [0.15, 0.2) is 6.61 Å². The van der Waals surface area contributed by atoms with Gasteiger partial charge in [0, 0.05) is 12.6 Å². The average Bonchev–Trinajstić information content (AvgIpc) is 3.21. The summed E-state index contributed by atoms with van der Waals surface area (Å²) >= 11 is 0. The number of rotatable bonds is 10. The molecule has 2 aromatic carbocycles. The largest absolute Gasteiger partial charge is 0.484 e. The van der Waals surface area contributed by atoms with Crippen molar-refractivity contribution in [1.29, 1.82) is 0 Å². The van der Waals surface area contributed by atoms with Crippen LogP contribution in [-0.4, -0.2) is 40.8 Å². The molecule has 0 fully saturated rings. The molecule has 168 valence electrons. The summed E-state index contributed by atoms with van der Waals surface area (Å²) in [5, 5.41) is 0. The second kappa shape index (κ2) is 11.2. The van der Waals surface area contributed by atoms with Gasteiger partial charge in [-0.25, -0.2) is 0 Å². The molecule has 0 saturated carbocycles. The summed E-state index contributed by atoms with van der Waals surface area (Å²) in [6.45, 7) is 6.28. The molecule has 1 aromatic heterocycles.